The molecule has 0 aliphatic heterocycles. The molecule has 0 spiro atoms. The van der Waals surface area contributed by atoms with Gasteiger partial charge in [0.25, 0.3) is 0 Å². The van der Waals surface area contributed by atoms with Crippen LogP contribution in [0.15, 0.2) is 29.8 Å². The van der Waals surface area contributed by atoms with Gasteiger partial charge in [0.1, 0.15) is 0 Å². The van der Waals surface area contributed by atoms with Crippen LogP contribution in [0.25, 0.3) is 10.4 Å². The Kier molecular flexibility index (Phi) is 2.05. The SMILES string of the molecule is [2H]c1c(N)csc1-c1ccnc(OC)c1. The van der Waals surface area contributed by atoms with E-state index in [1.54, 1.807) is 24.8 Å². The maximum Gasteiger partial charge on any atom is 0.213 e. The predicted octanol–water partition coefficient (Wildman–Crippen LogP) is 2.40. The fourth-order valence-electron chi connectivity index (χ4n) is 1.11. The summed E-state index contributed by atoms with van der Waals surface area (Å²) in [5, 5.41) is 1.77. The summed E-state index contributed by atoms with van der Waals surface area (Å²) < 4.78 is 12.8. The van der Waals surface area contributed by atoms with Crippen LogP contribution in [-0.4, -0.2) is 12.1 Å². The third-order valence-electron chi connectivity index (χ3n) is 1.77. The van der Waals surface area contributed by atoms with Gasteiger partial charge in [-0.15, -0.1) is 11.3 Å². The monoisotopic (exact) mass is 207 g/mol. The molecule has 2 rings (SSSR count). The molecule has 14 heavy (non-hydrogen) atoms. The average Bonchev–Trinajstić information content (AvgIpc) is 2.60. The quantitative estimate of drug-likeness (QED) is 0.822. The highest BCUT2D eigenvalue weighted by atomic mass is 32.1. The Morgan fingerprint density at radius 3 is 3.14 bits per heavy atom. The molecular formula is C10H10N2OS. The van der Waals surface area contributed by atoms with Crippen molar-refractivity contribution >= 4 is 17.0 Å². The van der Waals surface area contributed by atoms with Crippen molar-refractivity contribution < 1.29 is 6.11 Å². The standard InChI is InChI=1S/C10H10N2OS/c1-13-10-4-7(2-3-12-10)9-5-8(11)6-14-9/h2-6H,11H2,1H3/i5D. The molecular weight excluding hydrogens is 196 g/mol. The molecule has 2 aromatic rings. The molecule has 0 amide bonds. The van der Waals surface area contributed by atoms with E-state index in [0.29, 0.717) is 17.6 Å². The lowest BCUT2D eigenvalue weighted by molar-refractivity contribution is 0.398. The van der Waals surface area contributed by atoms with Crippen molar-refractivity contribution in [3.8, 4) is 16.3 Å². The highest BCUT2D eigenvalue weighted by molar-refractivity contribution is 7.14. The van der Waals surface area contributed by atoms with Crippen LogP contribution < -0.4 is 10.5 Å². The molecule has 0 atom stereocenters. The number of nitrogens with zero attached hydrogens (tertiary/aromatic N) is 1. The Morgan fingerprint density at radius 1 is 1.64 bits per heavy atom. The fourth-order valence-corrected chi connectivity index (χ4v) is 1.86. The first-order valence-electron chi connectivity index (χ1n) is 4.56. The Morgan fingerprint density at radius 2 is 2.50 bits per heavy atom. The van der Waals surface area contributed by atoms with E-state index >= 15 is 0 Å². The summed E-state index contributed by atoms with van der Waals surface area (Å²) in [6.07, 6.45) is 1.66. The number of hydrogen-bond donors (Lipinski definition) is 1. The fraction of sp³-hybridized carbons (Fsp3) is 0.100. The summed E-state index contributed by atoms with van der Waals surface area (Å²) in [6.45, 7) is 0. The molecule has 2 N–H and O–H groups in total. The molecule has 0 bridgehead atoms. The van der Waals surface area contributed by atoms with Crippen LogP contribution in [0.3, 0.4) is 0 Å². The zero-order valence-corrected chi connectivity index (χ0v) is 8.47. The van der Waals surface area contributed by atoms with Gasteiger partial charge in [-0.1, -0.05) is 0 Å². The summed E-state index contributed by atoms with van der Waals surface area (Å²) in [6, 6.07) is 4.00. The second-order valence-corrected chi connectivity index (χ2v) is 3.61. The van der Waals surface area contributed by atoms with E-state index in [9.17, 15) is 0 Å². The summed E-state index contributed by atoms with van der Waals surface area (Å²) in [5.41, 5.74) is 7.04. The second kappa shape index (κ2) is 3.67. The van der Waals surface area contributed by atoms with Gasteiger partial charge in [-0.2, -0.15) is 0 Å². The van der Waals surface area contributed by atoms with E-state index in [4.69, 9.17) is 11.8 Å². The number of hydrogen-bond acceptors (Lipinski definition) is 4. The Balaban J connectivity index is 2.49. The van der Waals surface area contributed by atoms with Crippen molar-refractivity contribution in [2.45, 2.75) is 0 Å². The van der Waals surface area contributed by atoms with Gasteiger partial charge in [-0.25, -0.2) is 4.98 Å². The van der Waals surface area contributed by atoms with Crippen LogP contribution in [-0.2, 0) is 0 Å². The zero-order valence-electron chi connectivity index (χ0n) is 8.65. The first-order chi connectivity index (χ1) is 7.22. The molecule has 0 aliphatic carbocycles. The highest BCUT2D eigenvalue weighted by Crippen LogP contribution is 2.29. The average molecular weight is 207 g/mol. The molecule has 0 aromatic carbocycles. The van der Waals surface area contributed by atoms with E-state index < -0.39 is 0 Å². The number of anilines is 1. The topological polar surface area (TPSA) is 48.1 Å². The van der Waals surface area contributed by atoms with Gasteiger partial charge in [0.2, 0.25) is 5.88 Å². The summed E-state index contributed by atoms with van der Waals surface area (Å²) in [5.74, 6) is 0.541. The zero-order chi connectivity index (χ0) is 10.8. The molecule has 0 radical (unpaired) electrons. The van der Waals surface area contributed by atoms with Crippen molar-refractivity contribution in [2.75, 3.05) is 12.8 Å². The Bertz CT molecular complexity index is 484. The van der Waals surface area contributed by atoms with Crippen molar-refractivity contribution in [3.63, 3.8) is 0 Å². The summed E-state index contributed by atoms with van der Waals surface area (Å²) in [7, 11) is 1.57. The van der Waals surface area contributed by atoms with Crippen molar-refractivity contribution in [1.82, 2.24) is 4.98 Å². The lowest BCUT2D eigenvalue weighted by atomic mass is 10.2. The smallest absolute Gasteiger partial charge is 0.213 e. The van der Waals surface area contributed by atoms with Gasteiger partial charge >= 0.3 is 0 Å². The molecule has 0 unspecified atom stereocenters. The van der Waals surface area contributed by atoms with Gasteiger partial charge in [0.05, 0.1) is 8.48 Å². The van der Waals surface area contributed by atoms with Crippen molar-refractivity contribution in [1.29, 1.82) is 0 Å². The van der Waals surface area contributed by atoms with Crippen LogP contribution in [0.4, 0.5) is 5.69 Å². The van der Waals surface area contributed by atoms with Crippen LogP contribution in [0.2, 0.25) is 0 Å². The maximum absolute atomic E-state index is 7.76. The lowest BCUT2D eigenvalue weighted by Gasteiger charge is -2.00. The lowest BCUT2D eigenvalue weighted by Crippen LogP contribution is -1.86. The number of pyridine rings is 1. The molecule has 0 saturated heterocycles. The van der Waals surface area contributed by atoms with Crippen LogP contribution in [0.1, 0.15) is 1.37 Å². The molecule has 0 aliphatic rings. The van der Waals surface area contributed by atoms with E-state index in [2.05, 4.69) is 4.98 Å². The molecule has 2 heterocycles. The second-order valence-electron chi connectivity index (χ2n) is 2.73. The molecule has 72 valence electrons. The third-order valence-corrected chi connectivity index (χ3v) is 2.71. The summed E-state index contributed by atoms with van der Waals surface area (Å²) in [4.78, 5) is 4.85. The molecule has 0 saturated carbocycles. The summed E-state index contributed by atoms with van der Waals surface area (Å²) >= 11 is 1.45. The van der Waals surface area contributed by atoms with Gasteiger partial charge in [-0.05, 0) is 17.7 Å². The number of nitrogens with two attached hydrogens (primary N) is 1. The van der Waals surface area contributed by atoms with Gasteiger partial charge < -0.3 is 10.5 Å². The maximum atomic E-state index is 7.76. The van der Waals surface area contributed by atoms with Crippen LogP contribution >= 0.6 is 11.3 Å². The number of nitrogen functional groups attached to an aromatic ring is 1. The van der Waals surface area contributed by atoms with Crippen LogP contribution in [0, 0.1) is 0 Å². The molecule has 3 nitrogen and oxygen atoms in total. The van der Waals surface area contributed by atoms with Gasteiger partial charge in [0, 0.05) is 28.2 Å². The highest BCUT2D eigenvalue weighted by Gasteiger charge is 2.02. The third kappa shape index (κ3) is 1.70. The Labute approximate surface area is 87.6 Å². The number of rotatable bonds is 2. The number of thiophene rings is 1. The molecule has 2 aromatic heterocycles. The minimum Gasteiger partial charge on any atom is -0.481 e. The molecule has 4 heteroatoms. The van der Waals surface area contributed by atoms with Crippen molar-refractivity contribution in [2.24, 2.45) is 0 Å². The number of aromatic nitrogens is 1. The first-order valence-corrected chi connectivity index (χ1v) is 4.94. The largest absolute Gasteiger partial charge is 0.481 e. The van der Waals surface area contributed by atoms with E-state index in [1.807, 2.05) is 6.07 Å². The minimum atomic E-state index is 0.369. The van der Waals surface area contributed by atoms with E-state index in [0.717, 1.165) is 10.4 Å². The Hall–Kier alpha value is -1.55. The van der Waals surface area contributed by atoms with E-state index in [1.165, 1.54) is 11.3 Å². The molecule has 0 fully saturated rings. The van der Waals surface area contributed by atoms with Gasteiger partial charge in [-0.3, -0.25) is 0 Å². The van der Waals surface area contributed by atoms with E-state index in [-0.39, 0.29) is 0 Å². The first kappa shape index (κ1) is 7.82. The number of ether oxygens (including phenoxy) is 1. The minimum absolute atomic E-state index is 0.369. The van der Waals surface area contributed by atoms with Crippen molar-refractivity contribution in [3.05, 3.63) is 29.8 Å². The number of methoxy groups -OCH3 is 1. The predicted molar refractivity (Wildman–Crippen MR) is 58.5 cm³/mol. The normalized spacial score (nSPS) is 11.1. The van der Waals surface area contributed by atoms with Gasteiger partial charge in [0.15, 0.2) is 0 Å². The van der Waals surface area contributed by atoms with Crippen LogP contribution in [0.5, 0.6) is 5.88 Å².